The van der Waals surface area contributed by atoms with Gasteiger partial charge in [-0.3, -0.25) is 9.59 Å². The van der Waals surface area contributed by atoms with Gasteiger partial charge >= 0.3 is 0 Å². The smallest absolute Gasteiger partial charge is 0.288 e. The number of hydrogen-bond donors (Lipinski definition) is 2. The average Bonchev–Trinajstić information content (AvgIpc) is 3.00. The van der Waals surface area contributed by atoms with Crippen molar-refractivity contribution >= 4 is 22.8 Å². The molecule has 4 rings (SSSR count). The number of rotatable bonds is 4. The third-order valence-electron chi connectivity index (χ3n) is 5.01. The van der Waals surface area contributed by atoms with Gasteiger partial charge in [-0.2, -0.15) is 0 Å². The van der Waals surface area contributed by atoms with E-state index in [1.54, 1.807) is 13.2 Å². The van der Waals surface area contributed by atoms with Gasteiger partial charge in [0.05, 0.1) is 7.11 Å². The van der Waals surface area contributed by atoms with Crippen molar-refractivity contribution in [3.63, 3.8) is 0 Å². The van der Waals surface area contributed by atoms with E-state index in [1.807, 2.05) is 42.5 Å². The van der Waals surface area contributed by atoms with Crippen LogP contribution in [-0.2, 0) is 4.79 Å². The molecule has 28 heavy (non-hydrogen) atoms. The first kappa shape index (κ1) is 18.1. The molecule has 0 unspecified atom stereocenters. The van der Waals surface area contributed by atoms with Crippen LogP contribution in [0.25, 0.3) is 22.1 Å². The number of amides is 2. The van der Waals surface area contributed by atoms with Crippen molar-refractivity contribution in [2.75, 3.05) is 13.7 Å². The number of benzene rings is 2. The molecule has 2 amide bonds. The van der Waals surface area contributed by atoms with Gasteiger partial charge < -0.3 is 19.8 Å². The lowest BCUT2D eigenvalue weighted by molar-refractivity contribution is -0.122. The number of methoxy groups -OCH3 is 1. The van der Waals surface area contributed by atoms with Gasteiger partial charge in [-0.25, -0.2) is 0 Å². The van der Waals surface area contributed by atoms with Crippen molar-refractivity contribution in [2.24, 2.45) is 0 Å². The minimum absolute atomic E-state index is 0.148. The quantitative estimate of drug-likeness (QED) is 0.728. The molecule has 2 heterocycles. The second-order valence-corrected chi connectivity index (χ2v) is 6.85. The van der Waals surface area contributed by atoms with Crippen molar-refractivity contribution in [1.82, 2.24) is 10.6 Å². The number of carbonyl (C=O) groups excluding carboxylic acids is 2. The van der Waals surface area contributed by atoms with Gasteiger partial charge in [0.25, 0.3) is 5.91 Å². The summed E-state index contributed by atoms with van der Waals surface area (Å²) in [5.74, 6) is 0.309. The average molecular weight is 378 g/mol. The maximum atomic E-state index is 13.1. The van der Waals surface area contributed by atoms with Gasteiger partial charge in [0.2, 0.25) is 11.7 Å². The Bertz CT molecular complexity index is 1010. The Labute approximate surface area is 162 Å². The Morgan fingerprint density at radius 1 is 1.18 bits per heavy atom. The van der Waals surface area contributed by atoms with Crippen LogP contribution >= 0.6 is 0 Å². The monoisotopic (exact) mass is 378 g/mol. The molecule has 6 nitrogen and oxygen atoms in total. The van der Waals surface area contributed by atoms with E-state index in [9.17, 15) is 9.59 Å². The molecule has 1 aliphatic rings. The summed E-state index contributed by atoms with van der Waals surface area (Å²) in [5, 5.41) is 6.51. The molecule has 0 saturated carbocycles. The number of carbonyl (C=O) groups is 2. The zero-order valence-electron chi connectivity index (χ0n) is 15.7. The molecule has 144 valence electrons. The Morgan fingerprint density at radius 3 is 2.79 bits per heavy atom. The van der Waals surface area contributed by atoms with Crippen LogP contribution in [0.2, 0.25) is 0 Å². The highest BCUT2D eigenvalue weighted by Gasteiger charge is 2.27. The van der Waals surface area contributed by atoms with Crippen LogP contribution in [0.1, 0.15) is 29.8 Å². The molecule has 0 aliphatic carbocycles. The van der Waals surface area contributed by atoms with Crippen molar-refractivity contribution in [3.05, 3.63) is 54.3 Å². The van der Waals surface area contributed by atoms with E-state index in [-0.39, 0.29) is 11.7 Å². The topological polar surface area (TPSA) is 80.6 Å². The van der Waals surface area contributed by atoms with Gasteiger partial charge in [0.15, 0.2) is 0 Å². The Morgan fingerprint density at radius 2 is 2.00 bits per heavy atom. The van der Waals surface area contributed by atoms with Gasteiger partial charge in [-0.15, -0.1) is 0 Å². The first-order valence-electron chi connectivity index (χ1n) is 9.42. The predicted octanol–water partition coefficient (Wildman–Crippen LogP) is 3.51. The van der Waals surface area contributed by atoms with E-state index in [4.69, 9.17) is 9.15 Å². The second-order valence-electron chi connectivity index (χ2n) is 6.85. The highest BCUT2D eigenvalue weighted by Crippen LogP contribution is 2.36. The number of furan rings is 1. The van der Waals surface area contributed by atoms with E-state index in [2.05, 4.69) is 10.6 Å². The second kappa shape index (κ2) is 7.76. The molecular weight excluding hydrogens is 356 g/mol. The largest absolute Gasteiger partial charge is 0.497 e. The number of ether oxygens (including phenoxy) is 1. The van der Waals surface area contributed by atoms with Crippen molar-refractivity contribution in [2.45, 2.75) is 25.3 Å². The maximum Gasteiger partial charge on any atom is 0.288 e. The molecule has 1 saturated heterocycles. The summed E-state index contributed by atoms with van der Waals surface area (Å²) < 4.78 is 11.2. The van der Waals surface area contributed by atoms with E-state index in [0.29, 0.717) is 29.9 Å². The third kappa shape index (κ3) is 3.45. The van der Waals surface area contributed by atoms with Gasteiger partial charge in [-0.05, 0) is 37.0 Å². The van der Waals surface area contributed by atoms with E-state index < -0.39 is 11.9 Å². The van der Waals surface area contributed by atoms with Crippen LogP contribution in [0.3, 0.4) is 0 Å². The molecule has 0 bridgehead atoms. The normalized spacial score (nSPS) is 17.0. The van der Waals surface area contributed by atoms with Crippen molar-refractivity contribution in [1.29, 1.82) is 0 Å². The summed E-state index contributed by atoms with van der Waals surface area (Å²) in [5.41, 5.74) is 2.15. The predicted molar refractivity (Wildman–Crippen MR) is 106 cm³/mol. The molecule has 6 heteroatoms. The minimum Gasteiger partial charge on any atom is -0.497 e. The summed E-state index contributed by atoms with van der Waals surface area (Å²) >= 11 is 0. The fraction of sp³-hybridized carbons (Fsp3) is 0.273. The summed E-state index contributed by atoms with van der Waals surface area (Å²) in [4.78, 5) is 25.3. The number of hydrogen-bond acceptors (Lipinski definition) is 4. The van der Waals surface area contributed by atoms with E-state index in [1.165, 1.54) is 0 Å². The van der Waals surface area contributed by atoms with Crippen LogP contribution in [-0.4, -0.2) is 31.5 Å². The Hall–Kier alpha value is -3.28. The third-order valence-corrected chi connectivity index (χ3v) is 5.01. The highest BCUT2D eigenvalue weighted by molar-refractivity contribution is 6.09. The van der Waals surface area contributed by atoms with Crippen molar-refractivity contribution in [3.8, 4) is 16.9 Å². The molecule has 0 spiro atoms. The molecular formula is C22H22N2O4. The van der Waals surface area contributed by atoms with Crippen LogP contribution in [0, 0.1) is 0 Å². The summed E-state index contributed by atoms with van der Waals surface area (Å²) in [6.07, 6.45) is 2.41. The Kier molecular flexibility index (Phi) is 5.02. The van der Waals surface area contributed by atoms with Crippen molar-refractivity contribution < 1.29 is 18.7 Å². The van der Waals surface area contributed by atoms with Gasteiger partial charge in [0.1, 0.15) is 17.4 Å². The van der Waals surface area contributed by atoms with Crippen LogP contribution in [0.4, 0.5) is 0 Å². The zero-order chi connectivity index (χ0) is 19.5. The molecule has 1 aromatic heterocycles. The summed E-state index contributed by atoms with van der Waals surface area (Å²) in [6, 6.07) is 14.5. The molecule has 1 aliphatic heterocycles. The lowest BCUT2D eigenvalue weighted by Crippen LogP contribution is -2.45. The molecule has 1 atom stereocenters. The SMILES string of the molecule is COc1ccc2c(-c3ccccc3)c(C(=O)N[C@H]3CCCCNC3=O)oc2c1. The van der Waals surface area contributed by atoms with Crippen LogP contribution in [0.5, 0.6) is 5.75 Å². The van der Waals surface area contributed by atoms with E-state index >= 15 is 0 Å². The lowest BCUT2D eigenvalue weighted by Gasteiger charge is -2.14. The fourth-order valence-electron chi connectivity index (χ4n) is 3.56. The molecule has 1 fully saturated rings. The standard InChI is InChI=1S/C22H22N2O4/c1-27-15-10-11-16-18(13-15)28-20(19(16)14-7-3-2-4-8-14)22(26)24-17-9-5-6-12-23-21(17)25/h2-4,7-8,10-11,13,17H,5-6,9,12H2,1H3,(H,23,25)(H,24,26)/t17-/m0/s1. The summed E-state index contributed by atoms with van der Waals surface area (Å²) in [6.45, 7) is 0.644. The summed E-state index contributed by atoms with van der Waals surface area (Å²) in [7, 11) is 1.58. The van der Waals surface area contributed by atoms with E-state index in [0.717, 1.165) is 23.8 Å². The minimum atomic E-state index is -0.554. The Balaban J connectivity index is 1.76. The first-order chi connectivity index (χ1) is 13.7. The van der Waals surface area contributed by atoms with Gasteiger partial charge in [0, 0.05) is 23.6 Å². The fourth-order valence-corrected chi connectivity index (χ4v) is 3.56. The molecule has 0 radical (unpaired) electrons. The van der Waals surface area contributed by atoms with Crippen LogP contribution in [0.15, 0.2) is 52.9 Å². The lowest BCUT2D eigenvalue weighted by atomic mass is 10.0. The zero-order valence-corrected chi connectivity index (χ0v) is 15.7. The first-order valence-corrected chi connectivity index (χ1v) is 9.42. The molecule has 3 aromatic rings. The maximum absolute atomic E-state index is 13.1. The van der Waals surface area contributed by atoms with Gasteiger partial charge in [-0.1, -0.05) is 30.3 Å². The van der Waals surface area contributed by atoms with Crippen LogP contribution < -0.4 is 15.4 Å². The highest BCUT2D eigenvalue weighted by atomic mass is 16.5. The molecule has 2 aromatic carbocycles. The number of nitrogens with one attached hydrogen (secondary N) is 2. The molecule has 2 N–H and O–H groups in total. The number of fused-ring (bicyclic) bond motifs is 1.